The maximum Gasteiger partial charge on any atom is 0.127 e. The van der Waals surface area contributed by atoms with E-state index in [0.717, 1.165) is 18.0 Å². The van der Waals surface area contributed by atoms with Crippen molar-refractivity contribution in [1.82, 2.24) is 0 Å². The molecule has 1 aliphatic heterocycles. The van der Waals surface area contributed by atoms with E-state index in [0.29, 0.717) is 42.2 Å². The third-order valence-electron chi connectivity index (χ3n) is 10.9. The molecule has 1 saturated heterocycles. The topological polar surface area (TPSA) is 72.4 Å². The highest BCUT2D eigenvalue weighted by molar-refractivity contribution is 6.18. The Morgan fingerprint density at radius 1 is 0.773 bits per heavy atom. The van der Waals surface area contributed by atoms with E-state index in [9.17, 15) is 5.11 Å². The van der Waals surface area contributed by atoms with Gasteiger partial charge < -0.3 is 20.9 Å². The lowest BCUT2D eigenvalue weighted by Crippen LogP contribution is -2.40. The van der Waals surface area contributed by atoms with Crippen LogP contribution >= 0.6 is 23.2 Å². The fraction of sp³-hybridized carbons (Fsp3) is 0.684. The van der Waals surface area contributed by atoms with Crippen molar-refractivity contribution >= 4 is 34.6 Å². The average Bonchev–Trinajstić information content (AvgIpc) is 3.91. The largest absolute Gasteiger partial charge is 0.390 e. The van der Waals surface area contributed by atoms with E-state index in [1.807, 2.05) is 0 Å². The molecule has 0 amide bonds. The molecule has 44 heavy (non-hydrogen) atoms. The first-order valence-corrected chi connectivity index (χ1v) is 18.0. The summed E-state index contributed by atoms with van der Waals surface area (Å²) in [6.07, 6.45) is 4.72. The van der Waals surface area contributed by atoms with Crippen molar-refractivity contribution in [3.8, 4) is 0 Å². The van der Waals surface area contributed by atoms with Crippen molar-refractivity contribution in [2.45, 2.75) is 118 Å². The zero-order valence-corrected chi connectivity index (χ0v) is 31.1. The molecule has 5 N–H and O–H groups in total. The van der Waals surface area contributed by atoms with Crippen LogP contribution in [-0.4, -0.2) is 42.2 Å². The van der Waals surface area contributed by atoms with Crippen molar-refractivity contribution in [2.24, 2.45) is 23.7 Å². The van der Waals surface area contributed by atoms with Crippen LogP contribution in [0.15, 0.2) is 48.5 Å². The molecule has 0 saturated carbocycles. The molecule has 0 aromatic heterocycles. The Hall–Kier alpha value is -1.30. The van der Waals surface area contributed by atoms with Gasteiger partial charge in [0, 0.05) is 12.2 Å². The van der Waals surface area contributed by atoms with Gasteiger partial charge in [0.05, 0.1) is 30.6 Å². The Morgan fingerprint density at radius 3 is 1.41 bits per heavy atom. The van der Waals surface area contributed by atoms with Gasteiger partial charge in [-0.1, -0.05) is 119 Å². The summed E-state index contributed by atoms with van der Waals surface area (Å²) in [5, 5.41) is 12.7. The molecule has 0 aliphatic carbocycles. The van der Waals surface area contributed by atoms with E-state index in [2.05, 4.69) is 129 Å². The van der Waals surface area contributed by atoms with Gasteiger partial charge in [-0.25, -0.2) is 0 Å². The molecule has 2 aromatic carbocycles. The Balaban J connectivity index is 0.000000387. The number of halogens is 2. The average molecular weight is 653 g/mol. The molecule has 3 rings (SSSR count). The van der Waals surface area contributed by atoms with E-state index in [1.165, 1.54) is 36.8 Å². The number of alkyl halides is 2. The Morgan fingerprint density at radius 2 is 1.14 bits per heavy atom. The zero-order chi connectivity index (χ0) is 33.5. The number of aliphatic hydroxyl groups is 1. The standard InChI is InChI=1S/C19H32ClNO.C16H27N.C3H5ClO/c1-6-14(3)19(5,15(4)7-2)16-8-10-17(11-9-16)21-13-18(22)12-20;1-6-12(3)16(5,13(4)7-2)14-8-10-15(17)11-9-14;4-1-3-2-5-3/h8-11,14-15,18,21-22H,6-7,12-13H2,1-5H3;8-13H,6-7,17H2,1-5H3;3H,1-2H2/p+1. The van der Waals surface area contributed by atoms with Crippen LogP contribution in [0, 0.1) is 23.7 Å². The number of hydrogen-bond donors (Lipinski definition) is 3. The van der Waals surface area contributed by atoms with Crippen molar-refractivity contribution < 1.29 is 15.6 Å². The molecule has 6 atom stereocenters. The van der Waals surface area contributed by atoms with Gasteiger partial charge in [0.25, 0.3) is 0 Å². The minimum Gasteiger partial charge on any atom is -0.390 e. The number of rotatable bonds is 15. The second-order valence-corrected chi connectivity index (χ2v) is 14.0. The zero-order valence-electron chi connectivity index (χ0n) is 29.6. The SMILES string of the molecule is CCC(C)C(C)(c1ccc(NCC(O)CCl)cc1)C(C)CC.CCC(C)C(C)(c1ccc([NH3+])cc1)C(C)CC.ClCC1CO1. The number of hydrogen-bond acceptors (Lipinski definition) is 3. The lowest BCUT2D eigenvalue weighted by Gasteiger charge is -2.41. The fourth-order valence-electron chi connectivity index (χ4n) is 6.06. The van der Waals surface area contributed by atoms with Crippen LogP contribution in [0.4, 0.5) is 11.4 Å². The van der Waals surface area contributed by atoms with Crippen LogP contribution in [0.3, 0.4) is 0 Å². The van der Waals surface area contributed by atoms with E-state index >= 15 is 0 Å². The molecule has 6 unspecified atom stereocenters. The summed E-state index contributed by atoms with van der Waals surface area (Å²) in [6.45, 7) is 24.8. The predicted molar refractivity (Wildman–Crippen MR) is 194 cm³/mol. The molecule has 6 heteroatoms. The summed E-state index contributed by atoms with van der Waals surface area (Å²) in [7, 11) is 0. The van der Waals surface area contributed by atoms with Crippen LogP contribution in [0.1, 0.15) is 106 Å². The first-order valence-electron chi connectivity index (χ1n) is 17.0. The first-order chi connectivity index (χ1) is 20.8. The molecule has 0 radical (unpaired) electrons. The Labute approximate surface area is 280 Å². The summed E-state index contributed by atoms with van der Waals surface area (Å²) in [5.74, 6) is 3.60. The maximum absolute atomic E-state index is 9.52. The Bertz CT molecular complexity index is 1010. The highest BCUT2D eigenvalue weighted by Crippen LogP contribution is 2.43. The van der Waals surface area contributed by atoms with Crippen molar-refractivity contribution in [3.05, 3.63) is 59.7 Å². The third kappa shape index (κ3) is 11.5. The quantitative estimate of drug-likeness (QED) is 0.133. The van der Waals surface area contributed by atoms with E-state index in [1.54, 1.807) is 0 Å². The highest BCUT2D eigenvalue weighted by Gasteiger charge is 2.37. The fourth-order valence-corrected chi connectivity index (χ4v) is 6.35. The first kappa shape index (κ1) is 40.7. The van der Waals surface area contributed by atoms with Gasteiger partial charge in [0.1, 0.15) is 5.69 Å². The monoisotopic (exact) mass is 651 g/mol. The van der Waals surface area contributed by atoms with E-state index in [-0.39, 0.29) is 16.7 Å². The van der Waals surface area contributed by atoms with Gasteiger partial charge in [0.2, 0.25) is 0 Å². The molecule has 0 bridgehead atoms. The molecule has 252 valence electrons. The van der Waals surface area contributed by atoms with E-state index in [4.69, 9.17) is 27.9 Å². The molecular weight excluding hydrogens is 587 g/mol. The van der Waals surface area contributed by atoms with Crippen molar-refractivity contribution in [3.63, 3.8) is 0 Å². The number of ether oxygens (including phenoxy) is 1. The highest BCUT2D eigenvalue weighted by atomic mass is 35.5. The lowest BCUT2D eigenvalue weighted by molar-refractivity contribution is -0.254. The van der Waals surface area contributed by atoms with Gasteiger partial charge >= 0.3 is 0 Å². The number of quaternary nitrogens is 1. The van der Waals surface area contributed by atoms with Crippen LogP contribution in [-0.2, 0) is 15.6 Å². The maximum atomic E-state index is 9.52. The number of nitrogens with one attached hydrogen (secondary N) is 1. The van der Waals surface area contributed by atoms with Gasteiger partial charge in [-0.3, -0.25) is 0 Å². The summed E-state index contributed by atoms with van der Waals surface area (Å²) in [4.78, 5) is 0. The molecule has 4 nitrogen and oxygen atoms in total. The lowest BCUT2D eigenvalue weighted by atomic mass is 9.63. The normalized spacial score (nSPS) is 20.2. The van der Waals surface area contributed by atoms with Crippen LogP contribution < -0.4 is 11.1 Å². The minimum absolute atomic E-state index is 0.192. The van der Waals surface area contributed by atoms with Gasteiger partial charge in [-0.05, 0) is 69.9 Å². The van der Waals surface area contributed by atoms with Crippen LogP contribution in [0.25, 0.3) is 0 Å². The smallest absolute Gasteiger partial charge is 0.127 e. The molecule has 2 aromatic rings. The van der Waals surface area contributed by atoms with Gasteiger partial charge in [0.15, 0.2) is 0 Å². The minimum atomic E-state index is -0.508. The molecule has 1 aliphatic rings. The van der Waals surface area contributed by atoms with E-state index < -0.39 is 6.10 Å². The molecular formula is C38H65Cl2N2O2+. The summed E-state index contributed by atoms with van der Waals surface area (Å²) < 4.78 is 4.73. The predicted octanol–water partition coefficient (Wildman–Crippen LogP) is 9.58. The van der Waals surface area contributed by atoms with Crippen molar-refractivity contribution in [1.29, 1.82) is 0 Å². The molecule has 0 spiro atoms. The summed E-state index contributed by atoms with van der Waals surface area (Å²) in [6, 6.07) is 17.5. The van der Waals surface area contributed by atoms with Gasteiger partial charge in [-0.2, -0.15) is 0 Å². The molecule has 1 heterocycles. The summed E-state index contributed by atoms with van der Waals surface area (Å²) >= 11 is 10.9. The summed E-state index contributed by atoms with van der Waals surface area (Å²) in [5.41, 5.74) is 9.44. The number of aliphatic hydroxyl groups excluding tert-OH is 1. The van der Waals surface area contributed by atoms with Crippen molar-refractivity contribution in [2.75, 3.05) is 30.2 Å². The number of benzene rings is 2. The number of anilines is 1. The molecule has 1 fully saturated rings. The Kier molecular flexibility index (Phi) is 18.6. The second-order valence-electron chi connectivity index (χ2n) is 13.4. The van der Waals surface area contributed by atoms with Crippen LogP contribution in [0.2, 0.25) is 0 Å². The second kappa shape index (κ2) is 20.0. The van der Waals surface area contributed by atoms with Crippen LogP contribution in [0.5, 0.6) is 0 Å². The third-order valence-corrected chi connectivity index (χ3v) is 11.6. The van der Waals surface area contributed by atoms with Gasteiger partial charge in [-0.15, -0.1) is 23.2 Å². The number of epoxide rings is 1.